The topological polar surface area (TPSA) is 123 Å². The van der Waals surface area contributed by atoms with Gasteiger partial charge in [0.25, 0.3) is 0 Å². The zero-order valence-electron chi connectivity index (χ0n) is 15.9. The summed E-state index contributed by atoms with van der Waals surface area (Å²) in [5, 5.41) is 7.18. The van der Waals surface area contributed by atoms with Gasteiger partial charge in [-0.2, -0.15) is 0 Å². The molecule has 1 aromatic carbocycles. The molecule has 2 aliphatic heterocycles. The molecule has 3 amide bonds. The summed E-state index contributed by atoms with van der Waals surface area (Å²) in [6.07, 6.45) is -0.144. The number of carbonyl (C=O) groups excluding carboxylic acids is 4. The molecular formula is C19H21N3O6S. The van der Waals surface area contributed by atoms with Crippen LogP contribution in [0, 0.1) is 0 Å². The highest BCUT2D eigenvalue weighted by Crippen LogP contribution is 2.36. The number of esters is 2. The predicted octanol–water partition coefficient (Wildman–Crippen LogP) is 1.55. The minimum Gasteiger partial charge on any atom is -0.463 e. The number of benzene rings is 1. The Morgan fingerprint density at radius 2 is 1.90 bits per heavy atom. The van der Waals surface area contributed by atoms with Gasteiger partial charge in [0.2, 0.25) is 5.91 Å². The molecule has 29 heavy (non-hydrogen) atoms. The number of hydrogen-bond donors (Lipinski definition) is 3. The first kappa shape index (κ1) is 20.7. The summed E-state index contributed by atoms with van der Waals surface area (Å²) < 4.78 is 10.2. The second kappa shape index (κ2) is 8.99. The van der Waals surface area contributed by atoms with Crippen LogP contribution in [-0.2, 0) is 23.9 Å². The van der Waals surface area contributed by atoms with Crippen LogP contribution in [0.5, 0.6) is 0 Å². The summed E-state index contributed by atoms with van der Waals surface area (Å²) in [6, 6.07) is 6.22. The van der Waals surface area contributed by atoms with E-state index in [1.807, 2.05) is 18.2 Å². The maximum absolute atomic E-state index is 12.3. The minimum atomic E-state index is -0.627. The molecule has 2 atom stereocenters. The molecule has 0 bridgehead atoms. The van der Waals surface area contributed by atoms with Gasteiger partial charge in [-0.05, 0) is 26.0 Å². The number of rotatable bonds is 6. The van der Waals surface area contributed by atoms with Crippen LogP contribution in [0.4, 0.5) is 10.5 Å². The van der Waals surface area contributed by atoms with E-state index in [0.29, 0.717) is 5.69 Å². The zero-order chi connectivity index (χ0) is 21.0. The Kier molecular flexibility index (Phi) is 6.42. The van der Waals surface area contributed by atoms with Crippen molar-refractivity contribution < 1.29 is 28.7 Å². The van der Waals surface area contributed by atoms with E-state index >= 15 is 0 Å². The third-order valence-corrected chi connectivity index (χ3v) is 5.58. The highest BCUT2D eigenvalue weighted by Gasteiger charge is 2.32. The zero-order valence-corrected chi connectivity index (χ0v) is 16.8. The van der Waals surface area contributed by atoms with Crippen molar-refractivity contribution in [3.05, 3.63) is 35.5 Å². The van der Waals surface area contributed by atoms with Gasteiger partial charge in [0, 0.05) is 4.90 Å². The number of ether oxygens (including phenoxy) is 2. The van der Waals surface area contributed by atoms with E-state index in [0.717, 1.165) is 4.90 Å². The van der Waals surface area contributed by atoms with Crippen molar-refractivity contribution in [2.24, 2.45) is 0 Å². The molecular weight excluding hydrogens is 398 g/mol. The number of anilines is 1. The van der Waals surface area contributed by atoms with Gasteiger partial charge in [0.15, 0.2) is 0 Å². The Balaban J connectivity index is 1.64. The van der Waals surface area contributed by atoms with Gasteiger partial charge in [-0.3, -0.25) is 9.59 Å². The molecule has 2 aliphatic rings. The van der Waals surface area contributed by atoms with Crippen molar-refractivity contribution in [3.63, 3.8) is 0 Å². The van der Waals surface area contributed by atoms with E-state index < -0.39 is 29.3 Å². The first-order valence-electron chi connectivity index (χ1n) is 9.09. The maximum Gasteiger partial charge on any atom is 0.338 e. The average Bonchev–Trinajstić information content (AvgIpc) is 2.66. The normalized spacial score (nSPS) is 20.8. The van der Waals surface area contributed by atoms with Crippen LogP contribution in [0.15, 0.2) is 40.4 Å². The highest BCUT2D eigenvalue weighted by atomic mass is 32.2. The first-order valence-corrected chi connectivity index (χ1v) is 9.96. The lowest BCUT2D eigenvalue weighted by molar-refractivity contribution is -0.144. The van der Waals surface area contributed by atoms with Crippen molar-refractivity contribution in [2.45, 2.75) is 36.5 Å². The summed E-state index contributed by atoms with van der Waals surface area (Å²) in [7, 11) is 0. The second-order valence-electron chi connectivity index (χ2n) is 6.39. The van der Waals surface area contributed by atoms with Crippen LogP contribution in [0.1, 0.15) is 20.3 Å². The number of fused-ring (bicyclic) bond motifs is 1. The fourth-order valence-corrected chi connectivity index (χ4v) is 4.08. The number of thioether (sulfide) groups is 1. The lowest BCUT2D eigenvalue weighted by Crippen LogP contribution is -2.50. The smallest absolute Gasteiger partial charge is 0.338 e. The number of para-hydroxylation sites is 1. The van der Waals surface area contributed by atoms with Crippen molar-refractivity contribution >= 4 is 41.3 Å². The number of urea groups is 1. The van der Waals surface area contributed by atoms with Crippen LogP contribution in [0.2, 0.25) is 0 Å². The first-order chi connectivity index (χ1) is 13.9. The van der Waals surface area contributed by atoms with E-state index in [4.69, 9.17) is 9.47 Å². The van der Waals surface area contributed by atoms with Gasteiger partial charge in [-0.15, -0.1) is 11.8 Å². The molecule has 3 rings (SSSR count). The van der Waals surface area contributed by atoms with Crippen LogP contribution in [0.25, 0.3) is 0 Å². The van der Waals surface area contributed by atoms with Crippen LogP contribution >= 0.6 is 11.8 Å². The van der Waals surface area contributed by atoms with Gasteiger partial charge in [0.05, 0.1) is 41.3 Å². The van der Waals surface area contributed by atoms with Crippen LogP contribution in [0.3, 0.4) is 0 Å². The summed E-state index contributed by atoms with van der Waals surface area (Å²) in [5.74, 6) is -1.49. The largest absolute Gasteiger partial charge is 0.463 e. The Morgan fingerprint density at radius 3 is 2.66 bits per heavy atom. The third-order valence-electron chi connectivity index (χ3n) is 4.30. The van der Waals surface area contributed by atoms with Gasteiger partial charge in [-0.25, -0.2) is 9.59 Å². The molecule has 0 radical (unpaired) electrons. The van der Waals surface area contributed by atoms with Crippen LogP contribution in [-0.4, -0.2) is 48.4 Å². The lowest BCUT2D eigenvalue weighted by Gasteiger charge is -2.26. The van der Waals surface area contributed by atoms with Crippen LogP contribution < -0.4 is 16.0 Å². The molecule has 0 aromatic heterocycles. The number of carbonyl (C=O) groups is 4. The standard InChI is InChI=1S/C19H21N3O6S/c1-3-27-18(25)16-10(2)20-19(26)22-12(16)9-28-15(23)8-14-17(24)21-11-6-4-5-7-13(11)29-14/h4-7,10,14H,3,8-9H2,1-2H3,(H,21,24)(H2,20,22,26). The van der Waals surface area contributed by atoms with Crippen molar-refractivity contribution in [1.29, 1.82) is 0 Å². The predicted molar refractivity (Wildman–Crippen MR) is 105 cm³/mol. The molecule has 3 N–H and O–H groups in total. The molecule has 0 saturated carbocycles. The van der Waals surface area contributed by atoms with Crippen molar-refractivity contribution in [2.75, 3.05) is 18.5 Å². The fourth-order valence-electron chi connectivity index (χ4n) is 2.98. The molecule has 2 heterocycles. The van der Waals surface area contributed by atoms with Gasteiger partial charge in [0.1, 0.15) is 6.61 Å². The van der Waals surface area contributed by atoms with Gasteiger partial charge in [-0.1, -0.05) is 12.1 Å². The van der Waals surface area contributed by atoms with Gasteiger partial charge >= 0.3 is 18.0 Å². The Labute approximate surface area is 171 Å². The molecule has 9 nitrogen and oxygen atoms in total. The molecule has 1 aromatic rings. The molecule has 0 spiro atoms. The fraction of sp³-hybridized carbons (Fsp3) is 0.368. The maximum atomic E-state index is 12.3. The number of hydrogen-bond acceptors (Lipinski definition) is 7. The molecule has 0 aliphatic carbocycles. The SMILES string of the molecule is CCOC(=O)C1=C(COC(=O)CC2Sc3ccccc3NC2=O)NC(=O)NC1C. The summed E-state index contributed by atoms with van der Waals surface area (Å²) in [4.78, 5) is 49.3. The second-order valence-corrected chi connectivity index (χ2v) is 7.63. The summed E-state index contributed by atoms with van der Waals surface area (Å²) in [5.41, 5.74) is 1.07. The Bertz CT molecular complexity index is 884. The quantitative estimate of drug-likeness (QED) is 0.598. The van der Waals surface area contributed by atoms with Gasteiger partial charge < -0.3 is 25.4 Å². The van der Waals surface area contributed by atoms with E-state index in [2.05, 4.69) is 16.0 Å². The molecule has 2 unspecified atom stereocenters. The Hall–Kier alpha value is -3.01. The van der Waals surface area contributed by atoms with E-state index in [1.54, 1.807) is 19.9 Å². The molecule has 154 valence electrons. The van der Waals surface area contributed by atoms with E-state index in [-0.39, 0.29) is 36.8 Å². The van der Waals surface area contributed by atoms with Crippen molar-refractivity contribution in [1.82, 2.24) is 10.6 Å². The summed E-state index contributed by atoms with van der Waals surface area (Å²) >= 11 is 1.29. The molecule has 0 fully saturated rings. The lowest BCUT2D eigenvalue weighted by atomic mass is 10.0. The number of nitrogens with one attached hydrogen (secondary N) is 3. The van der Waals surface area contributed by atoms with E-state index in [1.165, 1.54) is 11.8 Å². The number of amides is 3. The molecule has 10 heteroatoms. The minimum absolute atomic E-state index is 0.144. The monoisotopic (exact) mass is 419 g/mol. The Morgan fingerprint density at radius 1 is 1.14 bits per heavy atom. The molecule has 0 saturated heterocycles. The van der Waals surface area contributed by atoms with E-state index in [9.17, 15) is 19.2 Å². The third kappa shape index (κ3) is 4.89. The van der Waals surface area contributed by atoms with Crippen molar-refractivity contribution in [3.8, 4) is 0 Å². The average molecular weight is 419 g/mol. The highest BCUT2D eigenvalue weighted by molar-refractivity contribution is 8.01. The summed E-state index contributed by atoms with van der Waals surface area (Å²) in [6.45, 7) is 3.17.